The molecule has 1 aromatic rings. The van der Waals surface area contributed by atoms with Gasteiger partial charge in [-0.2, -0.15) is 0 Å². The van der Waals surface area contributed by atoms with Crippen LogP contribution in [0.3, 0.4) is 0 Å². The van der Waals surface area contributed by atoms with Crippen LogP contribution in [0.25, 0.3) is 0 Å². The van der Waals surface area contributed by atoms with Crippen LogP contribution < -0.4 is 5.32 Å². The van der Waals surface area contributed by atoms with Gasteiger partial charge in [-0.1, -0.05) is 6.92 Å². The Balaban J connectivity index is 2.27. The molecule has 0 aliphatic carbocycles. The second kappa shape index (κ2) is 7.41. The SMILES string of the molecule is CCc1nccn1C(C)CNCCCOC. The molecule has 4 nitrogen and oxygen atoms in total. The molecule has 0 aliphatic rings. The fourth-order valence-corrected chi connectivity index (χ4v) is 1.77. The first-order chi connectivity index (χ1) is 7.79. The van der Waals surface area contributed by atoms with Gasteiger partial charge in [0.05, 0.1) is 0 Å². The summed E-state index contributed by atoms with van der Waals surface area (Å²) in [7, 11) is 1.74. The van der Waals surface area contributed by atoms with Crippen LogP contribution in [-0.2, 0) is 11.2 Å². The minimum atomic E-state index is 0.458. The van der Waals surface area contributed by atoms with E-state index in [1.54, 1.807) is 7.11 Å². The van der Waals surface area contributed by atoms with Crippen LogP contribution in [-0.4, -0.2) is 36.4 Å². The summed E-state index contributed by atoms with van der Waals surface area (Å²) in [5.74, 6) is 1.16. The second-order valence-electron chi connectivity index (χ2n) is 4.00. The Morgan fingerprint density at radius 1 is 1.56 bits per heavy atom. The molecule has 0 amide bonds. The highest BCUT2D eigenvalue weighted by Gasteiger charge is 2.07. The van der Waals surface area contributed by atoms with Gasteiger partial charge in [0.2, 0.25) is 0 Å². The summed E-state index contributed by atoms with van der Waals surface area (Å²) in [6.07, 6.45) is 5.98. The number of hydrogen-bond donors (Lipinski definition) is 1. The van der Waals surface area contributed by atoms with Crippen molar-refractivity contribution in [3.63, 3.8) is 0 Å². The maximum absolute atomic E-state index is 5.00. The van der Waals surface area contributed by atoms with Crippen LogP contribution in [0.4, 0.5) is 0 Å². The van der Waals surface area contributed by atoms with E-state index in [0.717, 1.165) is 38.4 Å². The van der Waals surface area contributed by atoms with E-state index in [1.165, 1.54) is 0 Å². The summed E-state index contributed by atoms with van der Waals surface area (Å²) in [6, 6.07) is 0.458. The minimum Gasteiger partial charge on any atom is -0.385 e. The van der Waals surface area contributed by atoms with Gasteiger partial charge in [-0.25, -0.2) is 4.98 Å². The summed E-state index contributed by atoms with van der Waals surface area (Å²) in [6.45, 7) is 7.16. The topological polar surface area (TPSA) is 39.1 Å². The Kier molecular flexibility index (Phi) is 6.11. The van der Waals surface area contributed by atoms with Gasteiger partial charge in [0.1, 0.15) is 5.82 Å². The molecule has 1 N–H and O–H groups in total. The maximum Gasteiger partial charge on any atom is 0.108 e. The number of rotatable bonds is 8. The van der Waals surface area contributed by atoms with E-state index < -0.39 is 0 Å². The number of hydrogen-bond acceptors (Lipinski definition) is 3. The Bertz CT molecular complexity index is 286. The summed E-state index contributed by atoms with van der Waals surface area (Å²) in [5, 5.41) is 3.43. The maximum atomic E-state index is 5.00. The molecule has 1 rings (SSSR count). The molecule has 1 unspecified atom stereocenters. The first kappa shape index (κ1) is 13.2. The Morgan fingerprint density at radius 2 is 2.38 bits per heavy atom. The van der Waals surface area contributed by atoms with Crippen LogP contribution in [0.5, 0.6) is 0 Å². The zero-order valence-electron chi connectivity index (χ0n) is 10.6. The molecule has 16 heavy (non-hydrogen) atoms. The molecule has 4 heteroatoms. The molecule has 1 heterocycles. The van der Waals surface area contributed by atoms with Gasteiger partial charge >= 0.3 is 0 Å². The lowest BCUT2D eigenvalue weighted by atomic mass is 10.3. The van der Waals surface area contributed by atoms with Crippen molar-refractivity contribution in [2.45, 2.75) is 32.7 Å². The predicted molar refractivity (Wildman–Crippen MR) is 65.7 cm³/mol. The first-order valence-electron chi connectivity index (χ1n) is 6.01. The molecule has 1 atom stereocenters. The first-order valence-corrected chi connectivity index (χ1v) is 6.01. The summed E-state index contributed by atoms with van der Waals surface area (Å²) in [5.41, 5.74) is 0. The largest absolute Gasteiger partial charge is 0.385 e. The average molecular weight is 225 g/mol. The van der Waals surface area contributed by atoms with Gasteiger partial charge in [0, 0.05) is 45.1 Å². The van der Waals surface area contributed by atoms with Crippen molar-refractivity contribution in [2.24, 2.45) is 0 Å². The number of ether oxygens (including phenoxy) is 1. The molecule has 0 aromatic carbocycles. The number of imidazole rings is 1. The van der Waals surface area contributed by atoms with Crippen LogP contribution in [0, 0.1) is 0 Å². The van der Waals surface area contributed by atoms with E-state index in [1.807, 2.05) is 6.20 Å². The lowest BCUT2D eigenvalue weighted by Crippen LogP contribution is -2.25. The quantitative estimate of drug-likeness (QED) is 0.684. The monoisotopic (exact) mass is 225 g/mol. The zero-order valence-corrected chi connectivity index (χ0v) is 10.6. The van der Waals surface area contributed by atoms with E-state index in [4.69, 9.17) is 4.74 Å². The van der Waals surface area contributed by atoms with Gasteiger partial charge in [-0.05, 0) is 19.9 Å². The van der Waals surface area contributed by atoms with Crippen LogP contribution in [0.15, 0.2) is 12.4 Å². The van der Waals surface area contributed by atoms with Crippen LogP contribution >= 0.6 is 0 Å². The fourth-order valence-electron chi connectivity index (χ4n) is 1.77. The van der Waals surface area contributed by atoms with Crippen molar-refractivity contribution in [2.75, 3.05) is 26.8 Å². The number of nitrogens with one attached hydrogen (secondary N) is 1. The molecule has 0 bridgehead atoms. The fraction of sp³-hybridized carbons (Fsp3) is 0.750. The van der Waals surface area contributed by atoms with Gasteiger partial charge in [-0.3, -0.25) is 0 Å². The zero-order chi connectivity index (χ0) is 11.8. The highest BCUT2D eigenvalue weighted by atomic mass is 16.5. The van der Waals surface area contributed by atoms with Crippen LogP contribution in [0.1, 0.15) is 32.1 Å². The normalized spacial score (nSPS) is 12.9. The van der Waals surface area contributed by atoms with E-state index in [2.05, 4.69) is 34.9 Å². The highest BCUT2D eigenvalue weighted by molar-refractivity contribution is 4.94. The number of nitrogens with zero attached hydrogens (tertiary/aromatic N) is 2. The second-order valence-corrected chi connectivity index (χ2v) is 4.00. The Morgan fingerprint density at radius 3 is 3.06 bits per heavy atom. The van der Waals surface area contributed by atoms with Crippen molar-refractivity contribution < 1.29 is 4.74 Å². The standard InChI is InChI=1S/C12H23N3O/c1-4-12-14-7-8-15(12)11(2)10-13-6-5-9-16-3/h7-8,11,13H,4-6,9-10H2,1-3H3. The van der Waals surface area contributed by atoms with E-state index in [0.29, 0.717) is 6.04 Å². The van der Waals surface area contributed by atoms with Crippen molar-refractivity contribution in [1.29, 1.82) is 0 Å². The molecule has 0 fully saturated rings. The lowest BCUT2D eigenvalue weighted by Gasteiger charge is -2.16. The van der Waals surface area contributed by atoms with Crippen molar-refractivity contribution in [3.05, 3.63) is 18.2 Å². The molecule has 1 aromatic heterocycles. The lowest BCUT2D eigenvalue weighted by molar-refractivity contribution is 0.194. The third kappa shape index (κ3) is 3.94. The van der Waals surface area contributed by atoms with Crippen LogP contribution in [0.2, 0.25) is 0 Å². The van der Waals surface area contributed by atoms with E-state index in [9.17, 15) is 0 Å². The molecule has 0 spiro atoms. The van der Waals surface area contributed by atoms with E-state index >= 15 is 0 Å². The molecular weight excluding hydrogens is 202 g/mol. The molecule has 0 saturated carbocycles. The number of aryl methyl sites for hydroxylation is 1. The highest BCUT2D eigenvalue weighted by Crippen LogP contribution is 2.08. The van der Waals surface area contributed by atoms with Gasteiger partial charge in [0.25, 0.3) is 0 Å². The van der Waals surface area contributed by atoms with Gasteiger partial charge < -0.3 is 14.6 Å². The molecule has 0 saturated heterocycles. The third-order valence-electron chi connectivity index (χ3n) is 2.68. The molecule has 92 valence electrons. The Hall–Kier alpha value is -0.870. The Labute approximate surface area is 98.0 Å². The summed E-state index contributed by atoms with van der Waals surface area (Å²) in [4.78, 5) is 4.33. The molecular formula is C12H23N3O. The van der Waals surface area contributed by atoms with Crippen molar-refractivity contribution in [3.8, 4) is 0 Å². The average Bonchev–Trinajstić information content (AvgIpc) is 2.76. The molecule has 0 aliphatic heterocycles. The van der Waals surface area contributed by atoms with Crippen molar-refractivity contribution >= 4 is 0 Å². The van der Waals surface area contributed by atoms with Gasteiger partial charge in [-0.15, -0.1) is 0 Å². The summed E-state index contributed by atoms with van der Waals surface area (Å²) >= 11 is 0. The minimum absolute atomic E-state index is 0.458. The van der Waals surface area contributed by atoms with Gasteiger partial charge in [0.15, 0.2) is 0 Å². The number of methoxy groups -OCH3 is 1. The van der Waals surface area contributed by atoms with E-state index in [-0.39, 0.29) is 0 Å². The predicted octanol–water partition coefficient (Wildman–Crippen LogP) is 1.63. The number of aromatic nitrogens is 2. The summed E-state index contributed by atoms with van der Waals surface area (Å²) < 4.78 is 7.24. The molecule has 0 radical (unpaired) electrons. The van der Waals surface area contributed by atoms with Crippen molar-refractivity contribution in [1.82, 2.24) is 14.9 Å². The smallest absolute Gasteiger partial charge is 0.108 e. The third-order valence-corrected chi connectivity index (χ3v) is 2.68.